The minimum atomic E-state index is -0.778. The molecule has 0 aromatic heterocycles. The summed E-state index contributed by atoms with van der Waals surface area (Å²) in [5.41, 5.74) is 3.45. The molecule has 166 valence electrons. The van der Waals surface area contributed by atoms with E-state index in [0.29, 0.717) is 11.3 Å². The van der Waals surface area contributed by atoms with Crippen molar-refractivity contribution in [2.24, 2.45) is 5.10 Å². The lowest BCUT2D eigenvalue weighted by Crippen LogP contribution is -2.18. The minimum absolute atomic E-state index is 0.0138. The average Bonchev–Trinajstić information content (AvgIpc) is 2.79. The number of hydrazone groups is 1. The van der Waals surface area contributed by atoms with E-state index in [0.717, 1.165) is 30.0 Å². The fraction of sp³-hybridized carbons (Fsp3) is 0.0455. The molecule has 11 heteroatoms. The van der Waals surface area contributed by atoms with E-state index in [2.05, 4.69) is 15.8 Å². The van der Waals surface area contributed by atoms with Gasteiger partial charge in [-0.15, -0.1) is 0 Å². The molecule has 11 nitrogen and oxygen atoms in total. The van der Waals surface area contributed by atoms with Gasteiger partial charge in [-0.05, 0) is 49.4 Å². The summed E-state index contributed by atoms with van der Waals surface area (Å²) in [6.07, 6.45) is 1.02. The summed E-state index contributed by atoms with van der Waals surface area (Å²) in [6.45, 7) is 1.88. The molecule has 0 radical (unpaired) electrons. The maximum Gasteiger partial charge on any atom is 0.285 e. The predicted octanol–water partition coefficient (Wildman–Crippen LogP) is 3.83. The summed E-state index contributed by atoms with van der Waals surface area (Å²) >= 11 is 0. The van der Waals surface area contributed by atoms with Crippen molar-refractivity contribution in [2.45, 2.75) is 6.92 Å². The van der Waals surface area contributed by atoms with Gasteiger partial charge in [-0.25, -0.2) is 5.43 Å². The number of nitrogens with zero attached hydrogens (tertiary/aromatic N) is 3. The first-order chi connectivity index (χ1) is 15.7. The second kappa shape index (κ2) is 9.92. The Morgan fingerprint density at radius 2 is 1.61 bits per heavy atom. The van der Waals surface area contributed by atoms with Gasteiger partial charge < -0.3 is 5.32 Å². The van der Waals surface area contributed by atoms with Gasteiger partial charge >= 0.3 is 0 Å². The monoisotopic (exact) mass is 447 g/mol. The summed E-state index contributed by atoms with van der Waals surface area (Å²) in [6, 6.07) is 16.2. The number of nitrogens with one attached hydrogen (secondary N) is 2. The second-order valence-electron chi connectivity index (χ2n) is 6.86. The van der Waals surface area contributed by atoms with Crippen molar-refractivity contribution < 1.29 is 19.4 Å². The van der Waals surface area contributed by atoms with Crippen LogP contribution in [0.1, 0.15) is 31.8 Å². The topological polar surface area (TPSA) is 157 Å². The highest BCUT2D eigenvalue weighted by Crippen LogP contribution is 2.23. The molecule has 0 spiro atoms. The Balaban J connectivity index is 1.64. The van der Waals surface area contributed by atoms with Crippen LogP contribution in [0.5, 0.6) is 0 Å². The Morgan fingerprint density at radius 1 is 0.879 bits per heavy atom. The summed E-state index contributed by atoms with van der Waals surface area (Å²) < 4.78 is 0. The predicted molar refractivity (Wildman–Crippen MR) is 120 cm³/mol. The van der Waals surface area contributed by atoms with Crippen molar-refractivity contribution in [3.05, 3.63) is 109 Å². The molecule has 0 aliphatic carbocycles. The van der Waals surface area contributed by atoms with Gasteiger partial charge in [0, 0.05) is 22.9 Å². The van der Waals surface area contributed by atoms with Gasteiger partial charge in [0.1, 0.15) is 0 Å². The lowest BCUT2D eigenvalue weighted by molar-refractivity contribution is -0.394. The molecular formula is C22H17N5O6. The number of amides is 2. The number of rotatable bonds is 7. The summed E-state index contributed by atoms with van der Waals surface area (Å²) in [7, 11) is 0. The number of hydrogen-bond donors (Lipinski definition) is 2. The number of nitro groups is 2. The van der Waals surface area contributed by atoms with Crippen molar-refractivity contribution in [1.82, 2.24) is 5.43 Å². The normalized spacial score (nSPS) is 10.6. The van der Waals surface area contributed by atoms with Crippen molar-refractivity contribution in [3.63, 3.8) is 0 Å². The standard InChI is InChI=1S/C22H17N5O6/c1-14-3-2-4-16(11-14)21(28)24-18-8-5-15(6-9-18)22(29)25-23-13-17-7-10-19(26(30)31)12-20(17)27(32)33/h2-13H,1H3,(H,24,28)(H,25,29)/b23-13-. The van der Waals surface area contributed by atoms with Crippen LogP contribution in [0, 0.1) is 27.2 Å². The van der Waals surface area contributed by atoms with Crippen molar-refractivity contribution >= 4 is 35.1 Å². The minimum Gasteiger partial charge on any atom is -0.322 e. The Labute approximate surface area is 187 Å². The van der Waals surface area contributed by atoms with E-state index < -0.39 is 27.1 Å². The number of carbonyl (C=O) groups excluding carboxylic acids is 2. The Kier molecular flexibility index (Phi) is 6.84. The first-order valence-electron chi connectivity index (χ1n) is 9.49. The van der Waals surface area contributed by atoms with Gasteiger partial charge in [-0.3, -0.25) is 29.8 Å². The van der Waals surface area contributed by atoms with Crippen LogP contribution in [0.3, 0.4) is 0 Å². The van der Waals surface area contributed by atoms with E-state index in [1.807, 2.05) is 13.0 Å². The number of hydrogen-bond acceptors (Lipinski definition) is 7. The van der Waals surface area contributed by atoms with E-state index in [1.54, 1.807) is 30.3 Å². The SMILES string of the molecule is Cc1cccc(C(=O)Nc2ccc(C(=O)N/N=C\c3ccc([N+](=O)[O-])cc3[N+](=O)[O-])cc2)c1. The van der Waals surface area contributed by atoms with Crippen LogP contribution >= 0.6 is 0 Å². The van der Waals surface area contributed by atoms with Crippen LogP contribution in [-0.4, -0.2) is 27.9 Å². The van der Waals surface area contributed by atoms with Crippen molar-refractivity contribution in [3.8, 4) is 0 Å². The molecule has 0 unspecified atom stereocenters. The average molecular weight is 447 g/mol. The van der Waals surface area contributed by atoms with Crippen LogP contribution in [0.15, 0.2) is 71.8 Å². The second-order valence-corrected chi connectivity index (χ2v) is 6.86. The Morgan fingerprint density at radius 3 is 2.24 bits per heavy atom. The molecular weight excluding hydrogens is 430 g/mol. The molecule has 0 heterocycles. The third-order valence-electron chi connectivity index (χ3n) is 4.48. The van der Waals surface area contributed by atoms with Crippen LogP contribution in [0.4, 0.5) is 17.1 Å². The number of aryl methyl sites for hydroxylation is 1. The van der Waals surface area contributed by atoms with E-state index in [4.69, 9.17) is 0 Å². The zero-order valence-electron chi connectivity index (χ0n) is 17.2. The molecule has 2 N–H and O–H groups in total. The first kappa shape index (κ1) is 22.7. The van der Waals surface area contributed by atoms with Gasteiger partial charge in [-0.2, -0.15) is 5.10 Å². The van der Waals surface area contributed by atoms with Gasteiger partial charge in [0.05, 0.1) is 27.7 Å². The summed E-state index contributed by atoms with van der Waals surface area (Å²) in [5.74, 6) is -0.877. The third-order valence-corrected chi connectivity index (χ3v) is 4.48. The Bertz CT molecular complexity index is 1270. The fourth-order valence-electron chi connectivity index (χ4n) is 2.83. The molecule has 0 fully saturated rings. The molecule has 3 aromatic rings. The molecule has 0 bridgehead atoms. The summed E-state index contributed by atoms with van der Waals surface area (Å²) in [4.78, 5) is 44.9. The molecule has 0 aliphatic rings. The highest BCUT2D eigenvalue weighted by molar-refractivity contribution is 6.04. The number of benzene rings is 3. The zero-order chi connectivity index (χ0) is 24.0. The van der Waals surface area contributed by atoms with Crippen LogP contribution in [0.2, 0.25) is 0 Å². The molecule has 0 saturated heterocycles. The van der Waals surface area contributed by atoms with Gasteiger partial charge in [0.25, 0.3) is 23.2 Å². The maximum atomic E-state index is 12.3. The largest absolute Gasteiger partial charge is 0.322 e. The molecule has 33 heavy (non-hydrogen) atoms. The highest BCUT2D eigenvalue weighted by atomic mass is 16.6. The number of nitro benzene ring substituents is 2. The molecule has 3 rings (SSSR count). The maximum absolute atomic E-state index is 12.3. The van der Waals surface area contributed by atoms with E-state index >= 15 is 0 Å². The van der Waals surface area contributed by atoms with E-state index in [1.165, 1.54) is 12.1 Å². The Hall–Kier alpha value is -4.93. The van der Waals surface area contributed by atoms with Gasteiger partial charge in [0.2, 0.25) is 0 Å². The highest BCUT2D eigenvalue weighted by Gasteiger charge is 2.18. The lowest BCUT2D eigenvalue weighted by atomic mass is 10.1. The van der Waals surface area contributed by atoms with Gasteiger partial charge in [-0.1, -0.05) is 17.7 Å². The smallest absolute Gasteiger partial charge is 0.285 e. The number of carbonyl (C=O) groups is 2. The molecule has 0 aliphatic heterocycles. The molecule has 2 amide bonds. The fourth-order valence-corrected chi connectivity index (χ4v) is 2.83. The quantitative estimate of drug-likeness (QED) is 0.318. The molecule has 0 atom stereocenters. The third kappa shape index (κ3) is 5.82. The first-order valence-corrected chi connectivity index (χ1v) is 9.49. The van der Waals surface area contributed by atoms with E-state index in [9.17, 15) is 29.8 Å². The zero-order valence-corrected chi connectivity index (χ0v) is 17.2. The lowest BCUT2D eigenvalue weighted by Gasteiger charge is -2.07. The molecule has 3 aromatic carbocycles. The van der Waals surface area contributed by atoms with Gasteiger partial charge in [0.15, 0.2) is 0 Å². The molecule has 0 saturated carbocycles. The van der Waals surface area contributed by atoms with Crippen LogP contribution in [-0.2, 0) is 0 Å². The van der Waals surface area contributed by atoms with E-state index in [-0.39, 0.29) is 17.0 Å². The van der Waals surface area contributed by atoms with Crippen molar-refractivity contribution in [1.29, 1.82) is 0 Å². The number of anilines is 1. The van der Waals surface area contributed by atoms with Crippen LogP contribution < -0.4 is 10.7 Å². The van der Waals surface area contributed by atoms with Crippen molar-refractivity contribution in [2.75, 3.05) is 5.32 Å². The summed E-state index contributed by atoms with van der Waals surface area (Å²) in [5, 5.41) is 28.3. The number of non-ortho nitro benzene ring substituents is 1. The van der Waals surface area contributed by atoms with Crippen LogP contribution in [0.25, 0.3) is 0 Å².